The van der Waals surface area contributed by atoms with Gasteiger partial charge < -0.3 is 47.4 Å². The minimum Gasteiger partial charge on any atom is -0.494 e. The summed E-state index contributed by atoms with van der Waals surface area (Å²) in [5.41, 5.74) is 1.21. The molecule has 2 aromatic rings. The molecule has 4 fully saturated rings. The Morgan fingerprint density at radius 3 is 1.33 bits per heavy atom. The molecular weight excluding hydrogens is 672 g/mol. The third-order valence-corrected chi connectivity index (χ3v) is 10.5. The average Bonchev–Trinajstić information content (AvgIpc) is 3.72. The van der Waals surface area contributed by atoms with Crippen molar-refractivity contribution in [3.63, 3.8) is 0 Å². The average molecular weight is 727 g/mol. The molecule has 0 aromatic heterocycles. The van der Waals surface area contributed by atoms with Crippen LogP contribution in [0.3, 0.4) is 0 Å². The molecule has 52 heavy (non-hydrogen) atoms. The minimum atomic E-state index is -0.614. The Balaban J connectivity index is 0.840. The van der Waals surface area contributed by atoms with E-state index in [2.05, 4.69) is 13.8 Å². The summed E-state index contributed by atoms with van der Waals surface area (Å²) in [5.74, 6) is 0.398. The van der Waals surface area contributed by atoms with Gasteiger partial charge >= 0.3 is 11.9 Å². The molecule has 12 nitrogen and oxygen atoms in total. The second-order valence-corrected chi connectivity index (χ2v) is 14.4. The summed E-state index contributed by atoms with van der Waals surface area (Å²) < 4.78 is 57.3. The SMILES string of the molecule is CCC1(COCCCCOc2ccc(C(=O)O[C@H]3COC4C3OC[C@H]4OC(=O)c3ccc(OCCCCOCC4(CC)COC4)cc3)cc2)COC1. The molecule has 4 aliphatic heterocycles. The van der Waals surface area contributed by atoms with Crippen molar-refractivity contribution in [1.82, 2.24) is 0 Å². The summed E-state index contributed by atoms with van der Waals surface area (Å²) in [6.45, 7) is 11.9. The molecule has 12 heteroatoms. The number of hydrogen-bond donors (Lipinski definition) is 0. The second-order valence-electron chi connectivity index (χ2n) is 14.4. The number of benzene rings is 2. The smallest absolute Gasteiger partial charge is 0.338 e. The lowest BCUT2D eigenvalue weighted by Gasteiger charge is -2.40. The highest BCUT2D eigenvalue weighted by Crippen LogP contribution is 2.33. The monoisotopic (exact) mass is 726 g/mol. The van der Waals surface area contributed by atoms with E-state index < -0.39 is 36.4 Å². The highest BCUT2D eigenvalue weighted by Gasteiger charge is 2.51. The highest BCUT2D eigenvalue weighted by atomic mass is 16.7. The quantitative estimate of drug-likeness (QED) is 0.113. The maximum Gasteiger partial charge on any atom is 0.338 e. The molecule has 0 saturated carbocycles. The van der Waals surface area contributed by atoms with E-state index in [0.717, 1.165) is 78.2 Å². The van der Waals surface area contributed by atoms with Crippen molar-refractivity contribution in [2.24, 2.45) is 10.8 Å². The Morgan fingerprint density at radius 2 is 0.981 bits per heavy atom. The molecule has 4 atom stereocenters. The van der Waals surface area contributed by atoms with Crippen LogP contribution < -0.4 is 9.47 Å². The van der Waals surface area contributed by atoms with Crippen LogP contribution in [0.2, 0.25) is 0 Å². The zero-order valence-electron chi connectivity index (χ0n) is 30.6. The van der Waals surface area contributed by atoms with Crippen molar-refractivity contribution in [2.75, 3.05) is 79.3 Å². The zero-order chi connectivity index (χ0) is 36.2. The van der Waals surface area contributed by atoms with E-state index in [0.29, 0.717) is 49.1 Å². The van der Waals surface area contributed by atoms with Gasteiger partial charge in [0, 0.05) is 24.0 Å². The fraction of sp³-hybridized carbons (Fsp3) is 0.650. The molecule has 0 N–H and O–H groups in total. The normalized spacial score (nSPS) is 24.0. The summed E-state index contributed by atoms with van der Waals surface area (Å²) in [6, 6.07) is 13.8. The van der Waals surface area contributed by atoms with Crippen molar-refractivity contribution >= 4 is 11.9 Å². The first-order valence-electron chi connectivity index (χ1n) is 18.8. The zero-order valence-corrected chi connectivity index (χ0v) is 30.6. The van der Waals surface area contributed by atoms with Gasteiger partial charge in [-0.05, 0) is 87.1 Å². The molecule has 0 spiro atoms. The van der Waals surface area contributed by atoms with E-state index in [-0.39, 0.29) is 24.0 Å². The first kappa shape index (κ1) is 38.5. The molecule has 2 aromatic carbocycles. The molecule has 0 radical (unpaired) electrons. The number of fused-ring (bicyclic) bond motifs is 1. The van der Waals surface area contributed by atoms with Gasteiger partial charge in [0.25, 0.3) is 0 Å². The van der Waals surface area contributed by atoms with Crippen LogP contribution in [0.25, 0.3) is 0 Å². The van der Waals surface area contributed by atoms with E-state index in [1.165, 1.54) is 0 Å². The van der Waals surface area contributed by atoms with Gasteiger partial charge in [-0.1, -0.05) is 13.8 Å². The molecule has 4 heterocycles. The van der Waals surface area contributed by atoms with E-state index in [4.69, 9.17) is 47.4 Å². The van der Waals surface area contributed by atoms with Crippen LogP contribution in [0.4, 0.5) is 0 Å². The van der Waals surface area contributed by atoms with E-state index in [9.17, 15) is 9.59 Å². The summed E-state index contributed by atoms with van der Waals surface area (Å²) in [6.07, 6.45) is 3.44. The maximum atomic E-state index is 12.9. The van der Waals surface area contributed by atoms with Crippen LogP contribution in [0.5, 0.6) is 11.5 Å². The number of unbranched alkanes of at least 4 members (excludes halogenated alkanes) is 2. The molecule has 0 bridgehead atoms. The number of ether oxygens (including phenoxy) is 10. The van der Waals surface area contributed by atoms with Gasteiger partial charge in [0.05, 0.1) is 77.2 Å². The molecular formula is C40H54O12. The lowest BCUT2D eigenvalue weighted by molar-refractivity contribution is -0.150. The van der Waals surface area contributed by atoms with Crippen LogP contribution in [0.1, 0.15) is 73.1 Å². The summed E-state index contributed by atoms with van der Waals surface area (Å²) in [4.78, 5) is 25.9. The number of carbonyl (C=O) groups excluding carboxylic acids is 2. The third kappa shape index (κ3) is 10.0. The third-order valence-electron chi connectivity index (χ3n) is 10.5. The van der Waals surface area contributed by atoms with Crippen LogP contribution in [-0.2, 0) is 37.9 Å². The molecule has 6 rings (SSSR count). The van der Waals surface area contributed by atoms with Crippen molar-refractivity contribution in [1.29, 1.82) is 0 Å². The van der Waals surface area contributed by atoms with Gasteiger partial charge in [0.15, 0.2) is 12.2 Å². The second kappa shape index (κ2) is 18.7. The molecule has 2 unspecified atom stereocenters. The summed E-state index contributed by atoms with van der Waals surface area (Å²) in [5, 5.41) is 0. The molecule has 4 aliphatic rings. The van der Waals surface area contributed by atoms with Crippen molar-refractivity contribution < 1.29 is 57.0 Å². The van der Waals surface area contributed by atoms with Gasteiger partial charge in [-0.3, -0.25) is 0 Å². The summed E-state index contributed by atoms with van der Waals surface area (Å²) in [7, 11) is 0. The van der Waals surface area contributed by atoms with Gasteiger partial charge in [0.1, 0.15) is 23.7 Å². The van der Waals surface area contributed by atoms with E-state index in [1.807, 2.05) is 0 Å². The first-order valence-corrected chi connectivity index (χ1v) is 18.8. The van der Waals surface area contributed by atoms with Gasteiger partial charge in [-0.2, -0.15) is 0 Å². The minimum absolute atomic E-state index is 0.153. The molecule has 0 amide bonds. The lowest BCUT2D eigenvalue weighted by Crippen LogP contribution is -2.45. The molecule has 286 valence electrons. The first-order chi connectivity index (χ1) is 25.4. The Kier molecular flexibility index (Phi) is 13.8. The highest BCUT2D eigenvalue weighted by molar-refractivity contribution is 5.90. The predicted molar refractivity (Wildman–Crippen MR) is 189 cm³/mol. The van der Waals surface area contributed by atoms with E-state index in [1.54, 1.807) is 48.5 Å². The maximum absolute atomic E-state index is 12.9. The standard InChI is InChI=1S/C40H54O12/c1-3-39(25-45-26-39)23-43-17-5-7-19-47-31-13-9-29(10-14-31)37(41)51-33-21-49-36-34(22-50-35(33)36)52-38(42)30-11-15-32(16-12-30)48-20-8-6-18-44-24-40(4-2)27-46-28-40/h9-16,33-36H,3-8,17-28H2,1-2H3/t33-,34+,35?,36?. The Hall–Kier alpha value is -3.26. The van der Waals surface area contributed by atoms with Crippen LogP contribution in [0.15, 0.2) is 48.5 Å². The van der Waals surface area contributed by atoms with Gasteiger partial charge in [-0.15, -0.1) is 0 Å². The topological polar surface area (TPSA) is 126 Å². The van der Waals surface area contributed by atoms with Gasteiger partial charge in [-0.25, -0.2) is 9.59 Å². The fourth-order valence-corrected chi connectivity index (χ4v) is 6.55. The number of hydrogen-bond acceptors (Lipinski definition) is 12. The van der Waals surface area contributed by atoms with Crippen LogP contribution in [-0.4, -0.2) is 116 Å². The molecule has 4 saturated heterocycles. The van der Waals surface area contributed by atoms with Crippen molar-refractivity contribution in [2.45, 2.75) is 76.8 Å². The number of carbonyl (C=O) groups is 2. The predicted octanol–water partition coefficient (Wildman–Crippen LogP) is 5.44. The van der Waals surface area contributed by atoms with Crippen LogP contribution >= 0.6 is 0 Å². The van der Waals surface area contributed by atoms with Crippen LogP contribution in [0, 0.1) is 10.8 Å². The van der Waals surface area contributed by atoms with E-state index >= 15 is 0 Å². The Bertz CT molecular complexity index is 1290. The Labute approximate surface area is 306 Å². The lowest BCUT2D eigenvalue weighted by atomic mass is 9.84. The number of rotatable bonds is 22. The van der Waals surface area contributed by atoms with Crippen molar-refractivity contribution in [3.8, 4) is 11.5 Å². The summed E-state index contributed by atoms with van der Waals surface area (Å²) >= 11 is 0. The van der Waals surface area contributed by atoms with Gasteiger partial charge in [0.2, 0.25) is 0 Å². The van der Waals surface area contributed by atoms with Crippen molar-refractivity contribution in [3.05, 3.63) is 59.7 Å². The fourth-order valence-electron chi connectivity index (χ4n) is 6.55. The largest absolute Gasteiger partial charge is 0.494 e. The Morgan fingerprint density at radius 1 is 0.596 bits per heavy atom. The number of esters is 2. The molecule has 0 aliphatic carbocycles.